The number of phenols is 1. The number of aryl methyl sites for hydroxylation is 1. The zero-order valence-electron chi connectivity index (χ0n) is 17.6. The van der Waals surface area contributed by atoms with Gasteiger partial charge >= 0.3 is 0 Å². The van der Waals surface area contributed by atoms with Gasteiger partial charge in [-0.2, -0.15) is 9.41 Å². The van der Waals surface area contributed by atoms with E-state index in [9.17, 15) is 22.7 Å². The lowest BCUT2D eigenvalue weighted by atomic mass is 10.2. The van der Waals surface area contributed by atoms with Crippen molar-refractivity contribution in [3.8, 4) is 5.75 Å². The number of aromatic hydroxyl groups is 1. The predicted molar refractivity (Wildman–Crippen MR) is 127 cm³/mol. The summed E-state index contributed by atoms with van der Waals surface area (Å²) in [6.45, 7) is 1.18. The van der Waals surface area contributed by atoms with Gasteiger partial charge in [0.05, 0.1) is 17.7 Å². The van der Waals surface area contributed by atoms with Gasteiger partial charge in [0.15, 0.2) is 0 Å². The number of nitrogens with zero attached hydrogens (tertiary/aromatic N) is 2. The van der Waals surface area contributed by atoms with Crippen molar-refractivity contribution in [3.63, 3.8) is 0 Å². The maximum Gasteiger partial charge on any atom is 0.255 e. The van der Waals surface area contributed by atoms with Crippen LogP contribution in [-0.2, 0) is 21.4 Å². The van der Waals surface area contributed by atoms with E-state index < -0.39 is 28.3 Å². The highest BCUT2D eigenvalue weighted by molar-refractivity contribution is 9.10. The molecule has 172 valence electrons. The zero-order valence-corrected chi connectivity index (χ0v) is 20.0. The van der Waals surface area contributed by atoms with Crippen molar-refractivity contribution in [2.75, 3.05) is 6.54 Å². The predicted octanol–water partition coefficient (Wildman–Crippen LogP) is 3.94. The minimum absolute atomic E-state index is 0.0314. The molecule has 0 aliphatic heterocycles. The molecule has 33 heavy (non-hydrogen) atoms. The third-order valence-corrected chi connectivity index (χ3v) is 6.93. The molecule has 0 radical (unpaired) electrons. The number of hydrogen-bond acceptors (Lipinski definition) is 5. The number of phenolic OH excluding ortho intramolecular Hbond substituents is 1. The summed E-state index contributed by atoms with van der Waals surface area (Å²) in [5, 5.41) is 13.6. The van der Waals surface area contributed by atoms with Crippen molar-refractivity contribution in [2.24, 2.45) is 5.10 Å². The molecule has 7 nitrogen and oxygen atoms in total. The number of hydrogen-bond donors (Lipinski definition) is 2. The summed E-state index contributed by atoms with van der Waals surface area (Å²) in [7, 11) is -4.03. The molecule has 0 fully saturated rings. The normalized spacial score (nSPS) is 11.8. The highest BCUT2D eigenvalue weighted by Gasteiger charge is 2.27. The maximum absolute atomic E-state index is 13.3. The fourth-order valence-electron chi connectivity index (χ4n) is 2.88. The van der Waals surface area contributed by atoms with E-state index in [1.165, 1.54) is 48.7 Å². The SMILES string of the molecule is Cc1ccc(S(=O)(=O)N(CC(=O)N/N=C\c2cc(Br)ccc2O)Cc2ccc(F)cc2)cc1. The molecule has 0 aliphatic rings. The lowest BCUT2D eigenvalue weighted by Crippen LogP contribution is -2.39. The summed E-state index contributed by atoms with van der Waals surface area (Å²) in [4.78, 5) is 12.5. The van der Waals surface area contributed by atoms with Crippen molar-refractivity contribution in [3.05, 3.63) is 93.7 Å². The van der Waals surface area contributed by atoms with Crippen LogP contribution in [-0.4, -0.2) is 36.5 Å². The molecule has 0 unspecified atom stereocenters. The van der Waals surface area contributed by atoms with Crippen molar-refractivity contribution < 1.29 is 22.7 Å². The Morgan fingerprint density at radius 3 is 2.45 bits per heavy atom. The molecular formula is C23H21BrFN3O4S. The van der Waals surface area contributed by atoms with Crippen molar-refractivity contribution >= 4 is 38.1 Å². The van der Waals surface area contributed by atoms with E-state index in [0.717, 1.165) is 9.87 Å². The Hall–Kier alpha value is -3.08. The highest BCUT2D eigenvalue weighted by Crippen LogP contribution is 2.21. The number of benzene rings is 3. The minimum Gasteiger partial charge on any atom is -0.507 e. The number of nitrogens with one attached hydrogen (secondary N) is 1. The summed E-state index contributed by atoms with van der Waals surface area (Å²) in [5.74, 6) is -1.16. The van der Waals surface area contributed by atoms with E-state index in [-0.39, 0.29) is 17.2 Å². The average Bonchev–Trinajstić information content (AvgIpc) is 2.77. The molecule has 1 amide bonds. The van der Waals surface area contributed by atoms with Crippen LogP contribution in [0.25, 0.3) is 0 Å². The van der Waals surface area contributed by atoms with Gasteiger partial charge in [0.1, 0.15) is 11.6 Å². The maximum atomic E-state index is 13.3. The molecule has 0 aromatic heterocycles. The molecule has 2 N–H and O–H groups in total. The van der Waals surface area contributed by atoms with Crippen LogP contribution in [0.15, 0.2) is 81.2 Å². The Balaban J connectivity index is 1.80. The monoisotopic (exact) mass is 533 g/mol. The number of carbonyl (C=O) groups is 1. The van der Waals surface area contributed by atoms with Crippen molar-refractivity contribution in [1.29, 1.82) is 0 Å². The summed E-state index contributed by atoms with van der Waals surface area (Å²) >= 11 is 3.28. The van der Waals surface area contributed by atoms with Gasteiger partial charge in [0, 0.05) is 16.6 Å². The molecular weight excluding hydrogens is 513 g/mol. The summed E-state index contributed by atoms with van der Waals surface area (Å²) in [6, 6.07) is 16.3. The van der Waals surface area contributed by atoms with Gasteiger partial charge in [0.25, 0.3) is 5.91 Å². The number of amides is 1. The van der Waals surface area contributed by atoms with Crippen LogP contribution < -0.4 is 5.43 Å². The fourth-order valence-corrected chi connectivity index (χ4v) is 4.64. The van der Waals surface area contributed by atoms with Crippen molar-refractivity contribution in [2.45, 2.75) is 18.4 Å². The van der Waals surface area contributed by atoms with Gasteiger partial charge in [0.2, 0.25) is 10.0 Å². The molecule has 0 aliphatic carbocycles. The molecule has 3 aromatic carbocycles. The standard InChI is InChI=1S/C23H21BrFN3O4S/c1-16-2-9-21(10-3-16)33(31,32)28(14-17-4-7-20(25)8-5-17)15-23(30)27-26-13-18-12-19(24)6-11-22(18)29/h2-13,29H,14-15H2,1H3,(H,27,30)/b26-13-. The number of rotatable bonds is 8. The van der Waals surface area contributed by atoms with E-state index >= 15 is 0 Å². The Morgan fingerprint density at radius 1 is 1.12 bits per heavy atom. The molecule has 0 bridgehead atoms. The molecule has 0 spiro atoms. The van der Waals surface area contributed by atoms with Gasteiger partial charge in [-0.25, -0.2) is 18.2 Å². The molecule has 0 saturated carbocycles. The first-order valence-corrected chi connectivity index (χ1v) is 12.0. The average molecular weight is 534 g/mol. The largest absolute Gasteiger partial charge is 0.507 e. The van der Waals surface area contributed by atoms with Gasteiger partial charge in [-0.15, -0.1) is 0 Å². The molecule has 0 atom stereocenters. The lowest BCUT2D eigenvalue weighted by molar-refractivity contribution is -0.121. The number of hydrazone groups is 1. The van der Waals surface area contributed by atoms with Crippen LogP contribution in [0.5, 0.6) is 5.75 Å². The Bertz CT molecular complexity index is 1260. The fraction of sp³-hybridized carbons (Fsp3) is 0.130. The third kappa shape index (κ3) is 6.70. The smallest absolute Gasteiger partial charge is 0.255 e. The highest BCUT2D eigenvalue weighted by atomic mass is 79.9. The Labute approximate surface area is 199 Å². The molecule has 3 aromatic rings. The molecule has 10 heteroatoms. The summed E-state index contributed by atoms with van der Waals surface area (Å²) in [6.07, 6.45) is 1.25. The van der Waals surface area contributed by atoms with E-state index in [1.807, 2.05) is 6.92 Å². The number of carbonyl (C=O) groups excluding carboxylic acids is 1. The van der Waals surface area contributed by atoms with Gasteiger partial charge in [-0.1, -0.05) is 45.8 Å². The second kappa shape index (κ2) is 10.7. The van der Waals surface area contributed by atoms with E-state index in [1.54, 1.807) is 24.3 Å². The quantitative estimate of drug-likeness (QED) is 0.338. The van der Waals surface area contributed by atoms with E-state index in [2.05, 4.69) is 26.5 Å². The first kappa shape index (κ1) is 24.6. The van der Waals surface area contributed by atoms with Gasteiger partial charge in [-0.3, -0.25) is 4.79 Å². The first-order valence-electron chi connectivity index (χ1n) is 9.77. The van der Waals surface area contributed by atoms with Crippen LogP contribution in [0.3, 0.4) is 0 Å². The second-order valence-electron chi connectivity index (χ2n) is 7.21. The number of sulfonamides is 1. The van der Waals surface area contributed by atoms with Crippen LogP contribution in [0.2, 0.25) is 0 Å². The zero-order chi connectivity index (χ0) is 24.0. The van der Waals surface area contributed by atoms with Crippen LogP contribution >= 0.6 is 15.9 Å². The first-order chi connectivity index (χ1) is 15.6. The minimum atomic E-state index is -4.03. The van der Waals surface area contributed by atoms with Crippen molar-refractivity contribution in [1.82, 2.24) is 9.73 Å². The molecule has 3 rings (SSSR count). The van der Waals surface area contributed by atoms with E-state index in [0.29, 0.717) is 15.6 Å². The van der Waals surface area contributed by atoms with Crippen LogP contribution in [0, 0.1) is 12.7 Å². The van der Waals surface area contributed by atoms with Gasteiger partial charge in [-0.05, 0) is 55.0 Å². The number of halogens is 2. The topological polar surface area (TPSA) is 99.1 Å². The van der Waals surface area contributed by atoms with E-state index in [4.69, 9.17) is 0 Å². The van der Waals surface area contributed by atoms with Crippen LogP contribution in [0.1, 0.15) is 16.7 Å². The van der Waals surface area contributed by atoms with Gasteiger partial charge < -0.3 is 5.11 Å². The summed E-state index contributed by atoms with van der Waals surface area (Å²) in [5.41, 5.74) is 4.04. The lowest BCUT2D eigenvalue weighted by Gasteiger charge is -2.21. The second-order valence-corrected chi connectivity index (χ2v) is 10.1. The Morgan fingerprint density at radius 2 is 1.79 bits per heavy atom. The molecule has 0 saturated heterocycles. The molecule has 0 heterocycles. The summed E-state index contributed by atoms with van der Waals surface area (Å²) < 4.78 is 41.4. The Kier molecular flexibility index (Phi) is 7.96. The van der Waals surface area contributed by atoms with Crippen LogP contribution in [0.4, 0.5) is 4.39 Å². The third-order valence-electron chi connectivity index (χ3n) is 4.63.